The summed E-state index contributed by atoms with van der Waals surface area (Å²) in [5.74, 6) is -0.206. The lowest BCUT2D eigenvalue weighted by Gasteiger charge is -2.37. The van der Waals surface area contributed by atoms with Crippen LogP contribution in [0.15, 0.2) is 0 Å². The molecular formula is C15H22F3N3O3. The van der Waals surface area contributed by atoms with Gasteiger partial charge in [-0.15, -0.1) is 0 Å². The van der Waals surface area contributed by atoms with Crippen molar-refractivity contribution in [2.24, 2.45) is 0 Å². The molecule has 1 aliphatic heterocycles. The Hall–Kier alpha value is -1.61. The molecule has 0 aliphatic carbocycles. The number of hydrogen-bond acceptors (Lipinski definition) is 4. The molecule has 1 aliphatic rings. The minimum Gasteiger partial charge on any atom is -0.394 e. The van der Waals surface area contributed by atoms with Crippen molar-refractivity contribution in [1.29, 1.82) is 0 Å². The fourth-order valence-electron chi connectivity index (χ4n) is 2.84. The first-order chi connectivity index (χ1) is 11.1. The first kappa shape index (κ1) is 18.7. The Labute approximate surface area is 138 Å². The van der Waals surface area contributed by atoms with E-state index in [1.54, 1.807) is 11.8 Å². The largest absolute Gasteiger partial charge is 0.408 e. The Bertz CT molecular complexity index is 601. The number of hydrogen-bond donors (Lipinski definition) is 1. The second-order valence-corrected chi connectivity index (χ2v) is 6.13. The van der Waals surface area contributed by atoms with Crippen LogP contribution in [0.25, 0.3) is 0 Å². The van der Waals surface area contributed by atoms with Crippen molar-refractivity contribution < 1.29 is 27.8 Å². The maximum absolute atomic E-state index is 12.6. The molecule has 0 radical (unpaired) electrons. The van der Waals surface area contributed by atoms with Gasteiger partial charge in [-0.05, 0) is 20.8 Å². The molecule has 1 aromatic rings. The minimum atomic E-state index is -4.36. The highest BCUT2D eigenvalue weighted by atomic mass is 19.4. The van der Waals surface area contributed by atoms with E-state index in [1.165, 1.54) is 6.92 Å². The highest BCUT2D eigenvalue weighted by Crippen LogP contribution is 2.22. The average Bonchev–Trinajstić information content (AvgIpc) is 2.73. The fraction of sp³-hybridized carbons (Fsp3) is 0.733. The Morgan fingerprint density at radius 2 is 2.08 bits per heavy atom. The number of aliphatic hydroxyl groups excluding tert-OH is 1. The molecule has 2 atom stereocenters. The fourth-order valence-corrected chi connectivity index (χ4v) is 2.84. The van der Waals surface area contributed by atoms with E-state index in [0.29, 0.717) is 23.6 Å². The number of aliphatic hydroxyl groups is 1. The molecular weight excluding hydrogens is 327 g/mol. The van der Waals surface area contributed by atoms with Gasteiger partial charge in [0.15, 0.2) is 0 Å². The first-order valence-electron chi connectivity index (χ1n) is 7.74. The third kappa shape index (κ3) is 4.27. The van der Waals surface area contributed by atoms with E-state index < -0.39 is 18.8 Å². The third-order valence-electron chi connectivity index (χ3n) is 4.22. The van der Waals surface area contributed by atoms with E-state index in [4.69, 9.17) is 4.74 Å². The van der Waals surface area contributed by atoms with Crippen LogP contribution >= 0.6 is 0 Å². The molecule has 2 unspecified atom stereocenters. The van der Waals surface area contributed by atoms with E-state index in [9.17, 15) is 23.1 Å². The van der Waals surface area contributed by atoms with Crippen molar-refractivity contribution in [2.45, 2.75) is 52.1 Å². The van der Waals surface area contributed by atoms with Crippen molar-refractivity contribution in [3.63, 3.8) is 0 Å². The molecule has 2 rings (SSSR count). The van der Waals surface area contributed by atoms with Crippen LogP contribution < -0.4 is 0 Å². The molecule has 1 aromatic heterocycles. The highest BCUT2D eigenvalue weighted by molar-refractivity contribution is 5.79. The molecule has 0 aromatic carbocycles. The molecule has 0 saturated carbocycles. The Morgan fingerprint density at radius 3 is 2.67 bits per heavy atom. The predicted molar refractivity (Wildman–Crippen MR) is 79.5 cm³/mol. The van der Waals surface area contributed by atoms with E-state index in [1.807, 2.05) is 6.92 Å². The zero-order valence-corrected chi connectivity index (χ0v) is 13.9. The predicted octanol–water partition coefficient (Wildman–Crippen LogP) is 1.21. The molecule has 2 heterocycles. The van der Waals surface area contributed by atoms with Gasteiger partial charge in [-0.2, -0.15) is 18.3 Å². The maximum atomic E-state index is 12.6. The molecule has 136 valence electrons. The van der Waals surface area contributed by atoms with Crippen molar-refractivity contribution in [3.8, 4) is 0 Å². The SMILES string of the molecule is Cc1nn(CC(F)(F)F)c(C)c1CC(=O)N1CC(CO)OCC1C. The molecule has 1 saturated heterocycles. The lowest BCUT2D eigenvalue weighted by Crippen LogP contribution is -2.52. The molecule has 0 bridgehead atoms. The average molecular weight is 349 g/mol. The summed E-state index contributed by atoms with van der Waals surface area (Å²) in [5, 5.41) is 13.1. The van der Waals surface area contributed by atoms with Crippen molar-refractivity contribution in [3.05, 3.63) is 17.0 Å². The summed E-state index contributed by atoms with van der Waals surface area (Å²) in [6, 6.07) is -0.147. The number of nitrogens with zero attached hydrogens (tertiary/aromatic N) is 3. The normalized spacial score (nSPS) is 22.0. The number of aryl methyl sites for hydroxylation is 1. The van der Waals surface area contributed by atoms with Gasteiger partial charge in [0.2, 0.25) is 5.91 Å². The number of aromatic nitrogens is 2. The van der Waals surface area contributed by atoms with Crippen LogP contribution in [-0.4, -0.2) is 63.8 Å². The molecule has 24 heavy (non-hydrogen) atoms. The smallest absolute Gasteiger partial charge is 0.394 e. The molecule has 9 heteroatoms. The van der Waals surface area contributed by atoms with Gasteiger partial charge < -0.3 is 14.7 Å². The van der Waals surface area contributed by atoms with Crippen LogP contribution in [0.5, 0.6) is 0 Å². The van der Waals surface area contributed by atoms with Crippen LogP contribution in [0, 0.1) is 13.8 Å². The number of morpholine rings is 1. The number of carbonyl (C=O) groups excluding carboxylic acids is 1. The molecule has 0 spiro atoms. The standard InChI is InChI=1S/C15H22F3N3O3/c1-9-7-24-12(6-22)5-20(9)14(23)4-13-10(2)19-21(11(13)3)8-15(16,17)18/h9,12,22H,4-8H2,1-3H3. The number of carbonyl (C=O) groups is 1. The van der Waals surface area contributed by atoms with Crippen LogP contribution in [-0.2, 0) is 22.5 Å². The lowest BCUT2D eigenvalue weighted by atomic mass is 10.1. The summed E-state index contributed by atoms with van der Waals surface area (Å²) in [6.07, 6.45) is -4.81. The van der Waals surface area contributed by atoms with E-state index in [2.05, 4.69) is 5.10 Å². The Morgan fingerprint density at radius 1 is 1.42 bits per heavy atom. The summed E-state index contributed by atoms with van der Waals surface area (Å²) in [7, 11) is 0. The lowest BCUT2D eigenvalue weighted by molar-refractivity contribution is -0.145. The van der Waals surface area contributed by atoms with Crippen molar-refractivity contribution >= 4 is 5.91 Å². The van der Waals surface area contributed by atoms with Crippen molar-refractivity contribution in [2.75, 3.05) is 19.8 Å². The van der Waals surface area contributed by atoms with Gasteiger partial charge >= 0.3 is 6.18 Å². The maximum Gasteiger partial charge on any atom is 0.408 e. The van der Waals surface area contributed by atoms with Gasteiger partial charge in [0, 0.05) is 17.8 Å². The van der Waals surface area contributed by atoms with E-state index in [-0.39, 0.29) is 31.5 Å². The molecule has 6 nitrogen and oxygen atoms in total. The van der Waals surface area contributed by atoms with Crippen LogP contribution in [0.1, 0.15) is 23.9 Å². The zero-order chi connectivity index (χ0) is 18.1. The second kappa shape index (κ2) is 7.10. The summed E-state index contributed by atoms with van der Waals surface area (Å²) < 4.78 is 44.0. The minimum absolute atomic E-state index is 0.0159. The van der Waals surface area contributed by atoms with Crippen LogP contribution in [0.3, 0.4) is 0 Å². The number of alkyl halides is 3. The van der Waals surface area contributed by atoms with E-state index in [0.717, 1.165) is 4.68 Å². The molecule has 1 fully saturated rings. The number of rotatable bonds is 4. The third-order valence-corrected chi connectivity index (χ3v) is 4.22. The summed E-state index contributed by atoms with van der Waals surface area (Å²) in [6.45, 7) is 4.20. The Kier molecular flexibility index (Phi) is 5.54. The van der Waals surface area contributed by atoms with Crippen LogP contribution in [0.4, 0.5) is 13.2 Å². The monoisotopic (exact) mass is 349 g/mol. The number of ether oxygens (including phenoxy) is 1. The zero-order valence-electron chi connectivity index (χ0n) is 13.9. The molecule has 1 N–H and O–H groups in total. The van der Waals surface area contributed by atoms with Gasteiger partial charge in [-0.3, -0.25) is 9.48 Å². The van der Waals surface area contributed by atoms with Gasteiger partial charge in [-0.1, -0.05) is 0 Å². The first-order valence-corrected chi connectivity index (χ1v) is 7.74. The van der Waals surface area contributed by atoms with Gasteiger partial charge in [0.05, 0.1) is 37.5 Å². The van der Waals surface area contributed by atoms with Crippen LogP contribution in [0.2, 0.25) is 0 Å². The number of halogens is 3. The highest BCUT2D eigenvalue weighted by Gasteiger charge is 2.32. The second-order valence-electron chi connectivity index (χ2n) is 6.13. The van der Waals surface area contributed by atoms with Gasteiger partial charge in [-0.25, -0.2) is 0 Å². The van der Waals surface area contributed by atoms with Gasteiger partial charge in [0.25, 0.3) is 0 Å². The summed E-state index contributed by atoms with van der Waals surface area (Å²) >= 11 is 0. The summed E-state index contributed by atoms with van der Waals surface area (Å²) in [5.41, 5.74) is 1.28. The molecule has 1 amide bonds. The topological polar surface area (TPSA) is 67.6 Å². The van der Waals surface area contributed by atoms with Crippen molar-refractivity contribution in [1.82, 2.24) is 14.7 Å². The van der Waals surface area contributed by atoms with E-state index >= 15 is 0 Å². The quantitative estimate of drug-likeness (QED) is 0.887. The Balaban J connectivity index is 2.14. The van der Waals surface area contributed by atoms with Gasteiger partial charge in [0.1, 0.15) is 6.54 Å². The number of amides is 1. The summed E-state index contributed by atoms with van der Waals surface area (Å²) in [4.78, 5) is 14.2.